The number of amides is 2. The number of nitrogens with one attached hydrogen (secondary N) is 2. The number of halogens is 1. The summed E-state index contributed by atoms with van der Waals surface area (Å²) in [6.45, 7) is 2.40. The van der Waals surface area contributed by atoms with Crippen molar-refractivity contribution in [3.05, 3.63) is 35.9 Å². The van der Waals surface area contributed by atoms with Gasteiger partial charge in [-0.1, -0.05) is 30.3 Å². The average Bonchev–Trinajstić information content (AvgIpc) is 3.03. The first kappa shape index (κ1) is 17.8. The molecule has 2 N–H and O–H groups in total. The van der Waals surface area contributed by atoms with E-state index < -0.39 is 6.04 Å². The summed E-state index contributed by atoms with van der Waals surface area (Å²) in [4.78, 5) is 26.8. The molecule has 0 saturated carbocycles. The first-order valence-corrected chi connectivity index (χ1v) is 8.11. The molecule has 3 rings (SSSR count). The Bertz CT molecular complexity index is 532. The van der Waals surface area contributed by atoms with Gasteiger partial charge in [-0.05, 0) is 31.4 Å². The van der Waals surface area contributed by atoms with Crippen LogP contribution < -0.4 is 10.6 Å². The molecule has 2 saturated heterocycles. The van der Waals surface area contributed by atoms with Crippen LogP contribution >= 0.6 is 12.4 Å². The largest absolute Gasteiger partial charge is 0.350 e. The van der Waals surface area contributed by atoms with E-state index in [1.807, 2.05) is 30.3 Å². The number of hydrogen-bond acceptors (Lipinski definition) is 3. The molecule has 2 atom stereocenters. The van der Waals surface area contributed by atoms with Gasteiger partial charge in [-0.15, -0.1) is 12.4 Å². The maximum absolute atomic E-state index is 12.8. The van der Waals surface area contributed by atoms with Crippen molar-refractivity contribution in [2.75, 3.05) is 19.6 Å². The van der Waals surface area contributed by atoms with Crippen LogP contribution in [0.15, 0.2) is 30.3 Å². The standard InChI is InChI=1S/C17H23N3O2.ClH/c21-15-8-4-5-11-20(15)16(13-6-2-1-3-7-13)17(22)19-14-9-10-18-12-14;/h1-3,6-7,14,16,18H,4-5,8-12H2,(H,19,22);1H. The molecule has 2 unspecified atom stereocenters. The first-order valence-electron chi connectivity index (χ1n) is 8.11. The second-order valence-electron chi connectivity index (χ2n) is 6.06. The van der Waals surface area contributed by atoms with E-state index in [-0.39, 0.29) is 30.3 Å². The van der Waals surface area contributed by atoms with E-state index in [1.54, 1.807) is 4.90 Å². The Morgan fingerprint density at radius 3 is 2.70 bits per heavy atom. The second-order valence-corrected chi connectivity index (χ2v) is 6.06. The van der Waals surface area contributed by atoms with E-state index in [9.17, 15) is 9.59 Å². The molecule has 6 heteroatoms. The molecule has 0 spiro atoms. The third kappa shape index (κ3) is 4.24. The molecule has 1 aromatic rings. The molecule has 5 nitrogen and oxygen atoms in total. The van der Waals surface area contributed by atoms with Gasteiger partial charge < -0.3 is 15.5 Å². The monoisotopic (exact) mass is 337 g/mol. The number of likely N-dealkylation sites (tertiary alicyclic amines) is 1. The van der Waals surface area contributed by atoms with Gasteiger partial charge in [-0.3, -0.25) is 9.59 Å². The molecule has 0 bridgehead atoms. The van der Waals surface area contributed by atoms with Gasteiger partial charge in [0.2, 0.25) is 11.8 Å². The minimum absolute atomic E-state index is 0. The van der Waals surface area contributed by atoms with E-state index in [0.29, 0.717) is 13.0 Å². The average molecular weight is 338 g/mol. The van der Waals surface area contributed by atoms with Gasteiger partial charge in [0.1, 0.15) is 6.04 Å². The molecule has 0 aromatic heterocycles. The molecule has 23 heavy (non-hydrogen) atoms. The van der Waals surface area contributed by atoms with Crippen LogP contribution in [0.1, 0.15) is 37.3 Å². The topological polar surface area (TPSA) is 61.4 Å². The zero-order chi connectivity index (χ0) is 15.4. The minimum atomic E-state index is -0.505. The van der Waals surface area contributed by atoms with Crippen molar-refractivity contribution >= 4 is 24.2 Å². The fourth-order valence-electron chi connectivity index (χ4n) is 3.27. The summed E-state index contributed by atoms with van der Waals surface area (Å²) in [6.07, 6.45) is 3.38. The van der Waals surface area contributed by atoms with Crippen molar-refractivity contribution in [2.24, 2.45) is 0 Å². The lowest BCUT2D eigenvalue weighted by atomic mass is 10.00. The summed E-state index contributed by atoms with van der Waals surface area (Å²) in [5, 5.41) is 6.35. The summed E-state index contributed by atoms with van der Waals surface area (Å²) in [5.41, 5.74) is 0.890. The zero-order valence-electron chi connectivity index (χ0n) is 13.2. The highest BCUT2D eigenvalue weighted by Gasteiger charge is 2.33. The summed E-state index contributed by atoms with van der Waals surface area (Å²) < 4.78 is 0. The van der Waals surface area contributed by atoms with Crippen LogP contribution in [0.4, 0.5) is 0 Å². The van der Waals surface area contributed by atoms with Gasteiger partial charge in [-0.2, -0.15) is 0 Å². The smallest absolute Gasteiger partial charge is 0.247 e. The van der Waals surface area contributed by atoms with Crippen molar-refractivity contribution in [1.82, 2.24) is 15.5 Å². The van der Waals surface area contributed by atoms with Crippen molar-refractivity contribution in [1.29, 1.82) is 0 Å². The molecule has 2 aliphatic rings. The van der Waals surface area contributed by atoms with Gasteiger partial charge in [-0.25, -0.2) is 0 Å². The zero-order valence-corrected chi connectivity index (χ0v) is 14.0. The maximum atomic E-state index is 12.8. The lowest BCUT2D eigenvalue weighted by Gasteiger charge is -2.34. The minimum Gasteiger partial charge on any atom is -0.350 e. The van der Waals surface area contributed by atoms with E-state index in [1.165, 1.54) is 0 Å². The molecular weight excluding hydrogens is 314 g/mol. The lowest BCUT2D eigenvalue weighted by Crippen LogP contribution is -2.48. The molecule has 2 heterocycles. The van der Waals surface area contributed by atoms with Crippen LogP contribution in [0.2, 0.25) is 0 Å². The number of carbonyl (C=O) groups is 2. The Labute approximate surface area is 143 Å². The van der Waals surface area contributed by atoms with Gasteiger partial charge in [0, 0.05) is 25.6 Å². The number of nitrogens with zero attached hydrogens (tertiary/aromatic N) is 1. The second kappa shape index (κ2) is 8.31. The Balaban J connectivity index is 0.00000192. The Hall–Kier alpha value is -1.59. The van der Waals surface area contributed by atoms with E-state index in [0.717, 1.165) is 37.9 Å². The van der Waals surface area contributed by atoms with Crippen molar-refractivity contribution in [2.45, 2.75) is 37.8 Å². The van der Waals surface area contributed by atoms with E-state index >= 15 is 0 Å². The molecule has 1 aromatic carbocycles. The summed E-state index contributed by atoms with van der Waals surface area (Å²) in [7, 11) is 0. The number of carbonyl (C=O) groups excluding carboxylic acids is 2. The summed E-state index contributed by atoms with van der Waals surface area (Å²) in [5.74, 6) is 0.0231. The van der Waals surface area contributed by atoms with Crippen LogP contribution in [-0.4, -0.2) is 42.4 Å². The van der Waals surface area contributed by atoms with E-state index in [4.69, 9.17) is 0 Å². The lowest BCUT2D eigenvalue weighted by molar-refractivity contribution is -0.143. The Morgan fingerprint density at radius 1 is 1.26 bits per heavy atom. The van der Waals surface area contributed by atoms with Gasteiger partial charge in [0.05, 0.1) is 0 Å². The number of hydrogen-bond donors (Lipinski definition) is 2. The molecule has 2 fully saturated rings. The molecule has 2 amide bonds. The van der Waals surface area contributed by atoms with Crippen molar-refractivity contribution in [3.8, 4) is 0 Å². The third-order valence-corrected chi connectivity index (χ3v) is 4.44. The predicted octanol–water partition coefficient (Wildman–Crippen LogP) is 1.64. The van der Waals surface area contributed by atoms with Crippen molar-refractivity contribution in [3.63, 3.8) is 0 Å². The van der Waals surface area contributed by atoms with Gasteiger partial charge >= 0.3 is 0 Å². The van der Waals surface area contributed by atoms with Crippen LogP contribution in [0, 0.1) is 0 Å². The third-order valence-electron chi connectivity index (χ3n) is 4.44. The number of rotatable bonds is 4. The summed E-state index contributed by atoms with van der Waals surface area (Å²) in [6, 6.07) is 9.28. The Kier molecular flexibility index (Phi) is 6.42. The predicted molar refractivity (Wildman–Crippen MR) is 91.4 cm³/mol. The number of piperidine rings is 1. The fourth-order valence-corrected chi connectivity index (χ4v) is 3.27. The maximum Gasteiger partial charge on any atom is 0.247 e. The SMILES string of the molecule is Cl.O=C(NC1CCNC1)C(c1ccccc1)N1CCCCC1=O. The van der Waals surface area contributed by atoms with Crippen LogP contribution in [0.3, 0.4) is 0 Å². The molecule has 2 aliphatic heterocycles. The normalized spacial score (nSPS) is 22.3. The van der Waals surface area contributed by atoms with Gasteiger partial charge in [0.25, 0.3) is 0 Å². The molecule has 126 valence electrons. The highest BCUT2D eigenvalue weighted by molar-refractivity contribution is 5.89. The van der Waals surface area contributed by atoms with Crippen molar-refractivity contribution < 1.29 is 9.59 Å². The summed E-state index contributed by atoms with van der Waals surface area (Å²) >= 11 is 0. The van der Waals surface area contributed by atoms with Crippen LogP contribution in [0.5, 0.6) is 0 Å². The molecular formula is C17H24ClN3O2. The molecule has 0 radical (unpaired) electrons. The Morgan fingerprint density at radius 2 is 2.04 bits per heavy atom. The van der Waals surface area contributed by atoms with E-state index in [2.05, 4.69) is 10.6 Å². The highest BCUT2D eigenvalue weighted by Crippen LogP contribution is 2.26. The van der Waals surface area contributed by atoms with Crippen LogP contribution in [-0.2, 0) is 9.59 Å². The number of benzene rings is 1. The molecule has 0 aliphatic carbocycles. The fraction of sp³-hybridized carbons (Fsp3) is 0.529. The first-order chi connectivity index (χ1) is 10.8. The van der Waals surface area contributed by atoms with Gasteiger partial charge in [0.15, 0.2) is 0 Å². The quantitative estimate of drug-likeness (QED) is 0.878. The van der Waals surface area contributed by atoms with Crippen LogP contribution in [0.25, 0.3) is 0 Å². The highest BCUT2D eigenvalue weighted by atomic mass is 35.5.